The van der Waals surface area contributed by atoms with Crippen LogP contribution in [0.4, 0.5) is 0 Å². The zero-order valence-corrected chi connectivity index (χ0v) is 12.5. The monoisotopic (exact) mass is 274 g/mol. The van der Waals surface area contributed by atoms with Crippen LogP contribution in [0.5, 0.6) is 0 Å². The molecule has 0 atom stereocenters. The van der Waals surface area contributed by atoms with Crippen molar-refractivity contribution in [2.45, 2.75) is 39.2 Å². The third-order valence-corrected chi connectivity index (χ3v) is 4.90. The molecule has 0 amide bonds. The smallest absolute Gasteiger partial charge is 0.125 e. The molecule has 110 valence electrons. The lowest BCUT2D eigenvalue weighted by Gasteiger charge is -2.37. The fraction of sp³-hybridized carbons (Fsp3) is 0.750. The SMILES string of the molecule is Cc1nccc(CN2CCC(C3CCNCC3)CC2)n1. The molecule has 2 fully saturated rings. The van der Waals surface area contributed by atoms with Crippen LogP contribution in [0, 0.1) is 18.8 Å². The van der Waals surface area contributed by atoms with E-state index in [4.69, 9.17) is 0 Å². The van der Waals surface area contributed by atoms with Gasteiger partial charge < -0.3 is 5.32 Å². The average molecular weight is 274 g/mol. The van der Waals surface area contributed by atoms with Crippen molar-refractivity contribution in [2.24, 2.45) is 11.8 Å². The highest BCUT2D eigenvalue weighted by Crippen LogP contribution is 2.31. The van der Waals surface area contributed by atoms with Gasteiger partial charge in [-0.25, -0.2) is 9.97 Å². The summed E-state index contributed by atoms with van der Waals surface area (Å²) in [7, 11) is 0. The summed E-state index contributed by atoms with van der Waals surface area (Å²) in [6, 6.07) is 2.05. The molecule has 1 aromatic heterocycles. The highest BCUT2D eigenvalue weighted by atomic mass is 15.1. The Kier molecular flexibility index (Phi) is 4.63. The lowest BCUT2D eigenvalue weighted by molar-refractivity contribution is 0.125. The minimum atomic E-state index is 0.882. The second-order valence-electron chi connectivity index (χ2n) is 6.30. The summed E-state index contributed by atoms with van der Waals surface area (Å²) < 4.78 is 0. The van der Waals surface area contributed by atoms with Crippen molar-refractivity contribution in [1.29, 1.82) is 0 Å². The highest BCUT2D eigenvalue weighted by molar-refractivity contribution is 5.01. The van der Waals surface area contributed by atoms with Crippen LogP contribution in [0.1, 0.15) is 37.2 Å². The lowest BCUT2D eigenvalue weighted by atomic mass is 9.79. The standard InChI is InChI=1S/C16H26N4/c1-13-18-9-4-16(19-13)12-20-10-5-15(6-11-20)14-2-7-17-8-3-14/h4,9,14-15,17H,2-3,5-8,10-12H2,1H3. The zero-order valence-electron chi connectivity index (χ0n) is 12.5. The number of hydrogen-bond donors (Lipinski definition) is 1. The maximum absolute atomic E-state index is 4.52. The predicted octanol–water partition coefficient (Wildman–Crippen LogP) is 2.00. The second-order valence-corrected chi connectivity index (χ2v) is 6.30. The fourth-order valence-electron chi connectivity index (χ4n) is 3.72. The molecule has 20 heavy (non-hydrogen) atoms. The molecule has 0 spiro atoms. The first-order valence-electron chi connectivity index (χ1n) is 8.03. The molecule has 1 N–H and O–H groups in total. The van der Waals surface area contributed by atoms with Gasteiger partial charge in [-0.2, -0.15) is 0 Å². The van der Waals surface area contributed by atoms with Crippen LogP contribution in [0.2, 0.25) is 0 Å². The van der Waals surface area contributed by atoms with Gasteiger partial charge in [-0.1, -0.05) is 0 Å². The Morgan fingerprint density at radius 1 is 1.15 bits per heavy atom. The van der Waals surface area contributed by atoms with Gasteiger partial charge in [0.05, 0.1) is 5.69 Å². The summed E-state index contributed by atoms with van der Waals surface area (Å²) in [6.07, 6.45) is 7.38. The summed E-state index contributed by atoms with van der Waals surface area (Å²) in [5, 5.41) is 3.48. The molecule has 3 rings (SSSR count). The molecule has 4 heteroatoms. The number of nitrogens with zero attached hydrogens (tertiary/aromatic N) is 3. The molecule has 1 aromatic rings. The van der Waals surface area contributed by atoms with Crippen molar-refractivity contribution in [3.8, 4) is 0 Å². The molecule has 0 unspecified atom stereocenters. The number of piperidine rings is 2. The fourth-order valence-corrected chi connectivity index (χ4v) is 3.72. The molecule has 0 aliphatic carbocycles. The largest absolute Gasteiger partial charge is 0.317 e. The molecule has 2 saturated heterocycles. The topological polar surface area (TPSA) is 41.1 Å². The normalized spacial score (nSPS) is 23.1. The van der Waals surface area contributed by atoms with E-state index in [1.807, 2.05) is 19.2 Å². The number of aryl methyl sites for hydroxylation is 1. The van der Waals surface area contributed by atoms with Crippen molar-refractivity contribution in [3.05, 3.63) is 23.8 Å². The van der Waals surface area contributed by atoms with Gasteiger partial charge in [-0.3, -0.25) is 4.90 Å². The zero-order chi connectivity index (χ0) is 13.8. The van der Waals surface area contributed by atoms with Crippen LogP contribution in [-0.4, -0.2) is 41.0 Å². The van der Waals surface area contributed by atoms with Gasteiger partial charge in [0.1, 0.15) is 5.82 Å². The van der Waals surface area contributed by atoms with E-state index >= 15 is 0 Å². The molecule has 2 aliphatic rings. The van der Waals surface area contributed by atoms with Gasteiger partial charge in [-0.05, 0) is 76.7 Å². The third kappa shape index (κ3) is 3.55. The highest BCUT2D eigenvalue weighted by Gasteiger charge is 2.27. The Labute approximate surface area is 122 Å². The summed E-state index contributed by atoms with van der Waals surface area (Å²) >= 11 is 0. The van der Waals surface area contributed by atoms with Crippen LogP contribution < -0.4 is 5.32 Å². The van der Waals surface area contributed by atoms with Gasteiger partial charge in [0.25, 0.3) is 0 Å². The summed E-state index contributed by atoms with van der Waals surface area (Å²) in [4.78, 5) is 11.2. The number of hydrogen-bond acceptors (Lipinski definition) is 4. The van der Waals surface area contributed by atoms with E-state index in [1.165, 1.54) is 51.9 Å². The molecule has 0 aromatic carbocycles. The summed E-state index contributed by atoms with van der Waals surface area (Å²) in [5.41, 5.74) is 1.16. The van der Waals surface area contributed by atoms with Crippen molar-refractivity contribution < 1.29 is 0 Å². The third-order valence-electron chi connectivity index (χ3n) is 4.90. The molecule has 4 nitrogen and oxygen atoms in total. The minimum absolute atomic E-state index is 0.882. The number of nitrogens with one attached hydrogen (secondary N) is 1. The van der Waals surface area contributed by atoms with E-state index in [0.29, 0.717) is 0 Å². The van der Waals surface area contributed by atoms with Crippen LogP contribution in [0.3, 0.4) is 0 Å². The van der Waals surface area contributed by atoms with E-state index in [1.54, 1.807) is 0 Å². The second kappa shape index (κ2) is 6.64. The number of likely N-dealkylation sites (tertiary alicyclic amines) is 1. The number of rotatable bonds is 3. The van der Waals surface area contributed by atoms with Crippen molar-refractivity contribution in [2.75, 3.05) is 26.2 Å². The maximum Gasteiger partial charge on any atom is 0.125 e. The molecule has 0 radical (unpaired) electrons. The first-order valence-corrected chi connectivity index (χ1v) is 8.03. The maximum atomic E-state index is 4.52. The Bertz CT molecular complexity index is 420. The van der Waals surface area contributed by atoms with Gasteiger partial charge in [-0.15, -0.1) is 0 Å². The Balaban J connectivity index is 1.48. The first-order chi connectivity index (χ1) is 9.81. The van der Waals surface area contributed by atoms with Gasteiger partial charge in [0, 0.05) is 12.7 Å². The Morgan fingerprint density at radius 2 is 1.85 bits per heavy atom. The van der Waals surface area contributed by atoms with Crippen molar-refractivity contribution in [3.63, 3.8) is 0 Å². The van der Waals surface area contributed by atoms with E-state index in [-0.39, 0.29) is 0 Å². The van der Waals surface area contributed by atoms with E-state index in [0.717, 1.165) is 29.9 Å². The van der Waals surface area contributed by atoms with Gasteiger partial charge in [0.2, 0.25) is 0 Å². The summed E-state index contributed by atoms with van der Waals surface area (Å²) in [6.45, 7) is 7.88. The molecule has 0 saturated carbocycles. The van der Waals surface area contributed by atoms with Gasteiger partial charge >= 0.3 is 0 Å². The minimum Gasteiger partial charge on any atom is -0.317 e. The molecular formula is C16H26N4. The molecular weight excluding hydrogens is 248 g/mol. The predicted molar refractivity (Wildman–Crippen MR) is 80.4 cm³/mol. The van der Waals surface area contributed by atoms with Crippen LogP contribution in [-0.2, 0) is 6.54 Å². The van der Waals surface area contributed by atoms with Crippen LogP contribution in [0.25, 0.3) is 0 Å². The van der Waals surface area contributed by atoms with E-state index in [9.17, 15) is 0 Å². The number of aromatic nitrogens is 2. The Morgan fingerprint density at radius 3 is 2.55 bits per heavy atom. The average Bonchev–Trinajstić information content (AvgIpc) is 2.49. The van der Waals surface area contributed by atoms with Crippen molar-refractivity contribution in [1.82, 2.24) is 20.2 Å². The molecule has 2 aliphatic heterocycles. The van der Waals surface area contributed by atoms with Gasteiger partial charge in [0.15, 0.2) is 0 Å². The first kappa shape index (κ1) is 14.0. The van der Waals surface area contributed by atoms with Crippen LogP contribution in [0.15, 0.2) is 12.3 Å². The molecule has 3 heterocycles. The van der Waals surface area contributed by atoms with E-state index < -0.39 is 0 Å². The molecule has 0 bridgehead atoms. The quantitative estimate of drug-likeness (QED) is 0.915. The summed E-state index contributed by atoms with van der Waals surface area (Å²) in [5.74, 6) is 2.81. The van der Waals surface area contributed by atoms with Crippen LogP contribution >= 0.6 is 0 Å². The van der Waals surface area contributed by atoms with E-state index in [2.05, 4.69) is 20.2 Å². The lowest BCUT2D eigenvalue weighted by Crippen LogP contribution is -2.39. The van der Waals surface area contributed by atoms with Crippen molar-refractivity contribution >= 4 is 0 Å². The Hall–Kier alpha value is -1.00.